The second kappa shape index (κ2) is 8.09. The maximum atomic E-state index is 12.8. The Morgan fingerprint density at radius 2 is 1.86 bits per heavy atom. The van der Waals surface area contributed by atoms with Crippen LogP contribution in [0.2, 0.25) is 0 Å². The number of hydrogen-bond acceptors (Lipinski definition) is 6. The summed E-state index contributed by atoms with van der Waals surface area (Å²) in [6.07, 6.45) is 6.13. The van der Waals surface area contributed by atoms with Gasteiger partial charge in [0.15, 0.2) is 0 Å². The van der Waals surface area contributed by atoms with Crippen LogP contribution in [0.25, 0.3) is 5.69 Å². The first-order valence-corrected chi connectivity index (χ1v) is 9.42. The molecule has 9 heteroatoms. The van der Waals surface area contributed by atoms with Crippen molar-refractivity contribution in [1.82, 2.24) is 14.8 Å². The van der Waals surface area contributed by atoms with E-state index in [1.54, 1.807) is 6.07 Å². The molecule has 0 bridgehead atoms. The van der Waals surface area contributed by atoms with Crippen LogP contribution in [0.5, 0.6) is 0 Å². The lowest BCUT2D eigenvalue weighted by Crippen LogP contribution is -2.30. The number of carbonyl (C=O) groups is 1. The highest BCUT2D eigenvalue weighted by atomic mass is 16.6. The van der Waals surface area contributed by atoms with Crippen molar-refractivity contribution >= 4 is 23.0 Å². The summed E-state index contributed by atoms with van der Waals surface area (Å²) in [5.41, 5.74) is 1.90. The highest BCUT2D eigenvalue weighted by molar-refractivity contribution is 6.06. The molecule has 2 aromatic carbocycles. The van der Waals surface area contributed by atoms with Gasteiger partial charge < -0.3 is 10.2 Å². The Labute approximate surface area is 167 Å². The molecule has 0 aliphatic carbocycles. The van der Waals surface area contributed by atoms with Crippen LogP contribution in [-0.2, 0) is 0 Å². The summed E-state index contributed by atoms with van der Waals surface area (Å²) in [7, 11) is 0. The first-order chi connectivity index (χ1) is 14.1. The Hall–Kier alpha value is -3.75. The molecule has 0 atom stereocenters. The molecule has 1 amide bonds. The van der Waals surface area contributed by atoms with Crippen LogP contribution in [-0.4, -0.2) is 38.7 Å². The summed E-state index contributed by atoms with van der Waals surface area (Å²) in [6, 6.07) is 11.9. The van der Waals surface area contributed by atoms with Crippen molar-refractivity contribution in [2.75, 3.05) is 23.3 Å². The topological polar surface area (TPSA) is 106 Å². The fourth-order valence-electron chi connectivity index (χ4n) is 3.52. The first-order valence-electron chi connectivity index (χ1n) is 9.42. The number of benzene rings is 2. The number of hydrogen-bond donors (Lipinski definition) is 1. The molecule has 1 aliphatic rings. The molecule has 148 valence electrons. The second-order valence-corrected chi connectivity index (χ2v) is 6.82. The van der Waals surface area contributed by atoms with Gasteiger partial charge in [-0.1, -0.05) is 12.1 Å². The van der Waals surface area contributed by atoms with Gasteiger partial charge in [-0.25, -0.2) is 9.67 Å². The van der Waals surface area contributed by atoms with Crippen LogP contribution in [0, 0.1) is 10.1 Å². The minimum atomic E-state index is -0.532. The molecule has 1 aromatic heterocycles. The average molecular weight is 392 g/mol. The second-order valence-electron chi connectivity index (χ2n) is 6.82. The molecule has 0 unspecified atom stereocenters. The summed E-state index contributed by atoms with van der Waals surface area (Å²) >= 11 is 0. The summed E-state index contributed by atoms with van der Waals surface area (Å²) in [4.78, 5) is 29.9. The summed E-state index contributed by atoms with van der Waals surface area (Å²) in [5.74, 6) is -0.400. The monoisotopic (exact) mass is 392 g/mol. The van der Waals surface area contributed by atoms with E-state index in [-0.39, 0.29) is 16.9 Å². The Balaban J connectivity index is 1.61. The Bertz CT molecular complexity index is 1030. The van der Waals surface area contributed by atoms with Crippen LogP contribution in [0.3, 0.4) is 0 Å². The highest BCUT2D eigenvalue weighted by Gasteiger charge is 2.21. The van der Waals surface area contributed by atoms with E-state index in [1.807, 2.05) is 24.3 Å². The van der Waals surface area contributed by atoms with Gasteiger partial charge in [0.25, 0.3) is 11.6 Å². The van der Waals surface area contributed by atoms with Crippen molar-refractivity contribution in [3.63, 3.8) is 0 Å². The van der Waals surface area contributed by atoms with Crippen LogP contribution < -0.4 is 10.2 Å². The SMILES string of the molecule is O=C(Nc1ccccc1N1CCCCC1)c1ccc(-n2cncn2)c([N+](=O)[O-])c1. The average Bonchev–Trinajstić information content (AvgIpc) is 3.29. The van der Waals surface area contributed by atoms with E-state index < -0.39 is 10.8 Å². The van der Waals surface area contributed by atoms with Gasteiger partial charge in [0.05, 0.1) is 16.3 Å². The van der Waals surface area contributed by atoms with Crippen LogP contribution in [0.1, 0.15) is 29.6 Å². The third-order valence-corrected chi connectivity index (χ3v) is 4.95. The van der Waals surface area contributed by atoms with Gasteiger partial charge in [0, 0.05) is 24.7 Å². The quantitative estimate of drug-likeness (QED) is 0.527. The highest BCUT2D eigenvalue weighted by Crippen LogP contribution is 2.29. The van der Waals surface area contributed by atoms with Gasteiger partial charge in [-0.3, -0.25) is 14.9 Å². The zero-order valence-electron chi connectivity index (χ0n) is 15.7. The summed E-state index contributed by atoms with van der Waals surface area (Å²) in [6.45, 7) is 1.90. The number of anilines is 2. The zero-order valence-corrected chi connectivity index (χ0v) is 15.7. The van der Waals surface area contributed by atoms with Gasteiger partial charge in [0.2, 0.25) is 0 Å². The van der Waals surface area contributed by atoms with Gasteiger partial charge in [0.1, 0.15) is 18.3 Å². The standard InChI is InChI=1S/C20H20N6O3/c27-20(23-16-6-2-3-7-17(16)24-10-4-1-5-11-24)15-8-9-18(19(12-15)26(28)29)25-14-21-13-22-25/h2-3,6-9,12-14H,1,4-5,10-11H2,(H,23,27). The number of nitrogens with zero attached hydrogens (tertiary/aromatic N) is 5. The van der Waals surface area contributed by atoms with Crippen molar-refractivity contribution in [3.8, 4) is 5.69 Å². The zero-order chi connectivity index (χ0) is 20.2. The molecule has 2 heterocycles. The van der Waals surface area contributed by atoms with Crippen molar-refractivity contribution < 1.29 is 9.72 Å². The van der Waals surface area contributed by atoms with Gasteiger partial charge >= 0.3 is 0 Å². The molecule has 4 rings (SSSR count). The van der Waals surface area contributed by atoms with Crippen LogP contribution >= 0.6 is 0 Å². The lowest BCUT2D eigenvalue weighted by atomic mass is 10.1. The lowest BCUT2D eigenvalue weighted by Gasteiger charge is -2.30. The third-order valence-electron chi connectivity index (χ3n) is 4.95. The predicted octanol–water partition coefficient (Wildman–Crippen LogP) is 3.42. The fraction of sp³-hybridized carbons (Fsp3) is 0.250. The van der Waals surface area contributed by atoms with E-state index in [0.717, 1.165) is 31.6 Å². The van der Waals surface area contributed by atoms with E-state index in [9.17, 15) is 14.9 Å². The van der Waals surface area contributed by atoms with E-state index >= 15 is 0 Å². The van der Waals surface area contributed by atoms with Crippen molar-refractivity contribution in [2.24, 2.45) is 0 Å². The normalized spacial score (nSPS) is 13.9. The Kier molecular flexibility index (Phi) is 5.19. The van der Waals surface area contributed by atoms with E-state index in [4.69, 9.17) is 0 Å². The molecule has 1 fully saturated rings. The third kappa shape index (κ3) is 3.93. The molecular formula is C20H20N6O3. The molecule has 1 aliphatic heterocycles. The minimum Gasteiger partial charge on any atom is -0.370 e. The molecule has 0 spiro atoms. The van der Waals surface area contributed by atoms with E-state index in [2.05, 4.69) is 20.3 Å². The van der Waals surface area contributed by atoms with E-state index in [1.165, 1.54) is 35.9 Å². The number of para-hydroxylation sites is 2. The molecule has 29 heavy (non-hydrogen) atoms. The maximum absolute atomic E-state index is 12.8. The largest absolute Gasteiger partial charge is 0.370 e. The molecular weight excluding hydrogens is 372 g/mol. The summed E-state index contributed by atoms with van der Waals surface area (Å²) < 4.78 is 1.30. The van der Waals surface area contributed by atoms with Crippen LogP contribution in [0.4, 0.5) is 17.1 Å². The molecule has 1 saturated heterocycles. The number of nitro benzene ring substituents is 1. The Morgan fingerprint density at radius 3 is 2.59 bits per heavy atom. The number of amides is 1. The molecule has 9 nitrogen and oxygen atoms in total. The van der Waals surface area contributed by atoms with Crippen molar-refractivity contribution in [2.45, 2.75) is 19.3 Å². The fourth-order valence-corrected chi connectivity index (χ4v) is 3.52. The number of aromatic nitrogens is 3. The maximum Gasteiger partial charge on any atom is 0.295 e. The number of piperidine rings is 1. The van der Waals surface area contributed by atoms with Crippen molar-refractivity contribution in [3.05, 3.63) is 70.8 Å². The Morgan fingerprint density at radius 1 is 1.07 bits per heavy atom. The molecule has 0 saturated carbocycles. The molecule has 3 aromatic rings. The first kappa shape index (κ1) is 18.6. The lowest BCUT2D eigenvalue weighted by molar-refractivity contribution is -0.384. The molecule has 0 radical (unpaired) electrons. The number of rotatable bonds is 5. The number of carbonyl (C=O) groups excluding carboxylic acids is 1. The van der Waals surface area contributed by atoms with Crippen molar-refractivity contribution in [1.29, 1.82) is 0 Å². The van der Waals surface area contributed by atoms with Gasteiger partial charge in [-0.15, -0.1) is 0 Å². The van der Waals surface area contributed by atoms with E-state index in [0.29, 0.717) is 5.69 Å². The van der Waals surface area contributed by atoms with Gasteiger partial charge in [-0.05, 0) is 43.5 Å². The van der Waals surface area contributed by atoms with Gasteiger partial charge in [-0.2, -0.15) is 5.10 Å². The number of nitrogens with one attached hydrogen (secondary N) is 1. The number of nitro groups is 1. The smallest absolute Gasteiger partial charge is 0.295 e. The van der Waals surface area contributed by atoms with Crippen LogP contribution in [0.15, 0.2) is 55.1 Å². The minimum absolute atomic E-state index is 0.203. The predicted molar refractivity (Wildman–Crippen MR) is 108 cm³/mol. The summed E-state index contributed by atoms with van der Waals surface area (Å²) in [5, 5.41) is 18.4. The molecule has 1 N–H and O–H groups in total.